The van der Waals surface area contributed by atoms with E-state index in [1.165, 1.54) is 0 Å². The van der Waals surface area contributed by atoms with Gasteiger partial charge in [0, 0.05) is 22.4 Å². The van der Waals surface area contributed by atoms with Gasteiger partial charge in [0.05, 0.1) is 18.7 Å². The van der Waals surface area contributed by atoms with Crippen molar-refractivity contribution in [1.29, 1.82) is 5.26 Å². The van der Waals surface area contributed by atoms with Gasteiger partial charge >= 0.3 is 0 Å². The predicted molar refractivity (Wildman–Crippen MR) is 80.7 cm³/mol. The van der Waals surface area contributed by atoms with Crippen LogP contribution in [-0.2, 0) is 0 Å². The zero-order valence-corrected chi connectivity index (χ0v) is 11.4. The summed E-state index contributed by atoms with van der Waals surface area (Å²) in [6, 6.07) is 17.7. The molecule has 100 valence electrons. The summed E-state index contributed by atoms with van der Waals surface area (Å²) >= 11 is 0. The van der Waals surface area contributed by atoms with Crippen molar-refractivity contribution in [2.75, 3.05) is 7.11 Å². The van der Waals surface area contributed by atoms with Gasteiger partial charge in [0.25, 0.3) is 0 Å². The molecule has 0 amide bonds. The van der Waals surface area contributed by atoms with Crippen LogP contribution in [-0.4, -0.2) is 7.11 Å². The van der Waals surface area contributed by atoms with E-state index >= 15 is 0 Å². The molecule has 0 unspecified atom stereocenters. The number of nitriles is 1. The van der Waals surface area contributed by atoms with E-state index in [9.17, 15) is 5.26 Å². The standard InChI is InChI=1S/C18H11NO2/c1-20-12-6-7-14-15-4-2-3-13-11(10-19)5-8-16(18(13)15)21-17(14)9-12/h2-9H,1H3. The number of methoxy groups -OCH3 is 1. The third-order valence-electron chi connectivity index (χ3n) is 3.82. The van der Waals surface area contributed by atoms with Gasteiger partial charge in [0.2, 0.25) is 0 Å². The Bertz CT molecular complexity index is 922. The molecule has 3 heteroatoms. The second-order valence-electron chi connectivity index (χ2n) is 4.92. The van der Waals surface area contributed by atoms with Crippen molar-refractivity contribution in [3.63, 3.8) is 0 Å². The molecule has 4 rings (SSSR count). The number of ether oxygens (including phenoxy) is 2. The molecule has 0 bridgehead atoms. The smallest absolute Gasteiger partial charge is 0.139 e. The Balaban J connectivity index is 2.10. The molecule has 0 aromatic heterocycles. The third-order valence-corrected chi connectivity index (χ3v) is 3.82. The first-order valence-corrected chi connectivity index (χ1v) is 6.64. The third kappa shape index (κ3) is 1.60. The van der Waals surface area contributed by atoms with E-state index in [-0.39, 0.29) is 0 Å². The lowest BCUT2D eigenvalue weighted by molar-refractivity contribution is 0.409. The van der Waals surface area contributed by atoms with Crippen LogP contribution in [0.5, 0.6) is 17.2 Å². The Morgan fingerprint density at radius 1 is 1.00 bits per heavy atom. The monoisotopic (exact) mass is 273 g/mol. The van der Waals surface area contributed by atoms with Crippen LogP contribution in [0, 0.1) is 11.3 Å². The minimum Gasteiger partial charge on any atom is -0.497 e. The minimum atomic E-state index is 0.663. The van der Waals surface area contributed by atoms with Crippen molar-refractivity contribution >= 4 is 10.8 Å². The predicted octanol–water partition coefficient (Wildman–Crippen LogP) is 4.49. The first-order chi connectivity index (χ1) is 10.3. The van der Waals surface area contributed by atoms with E-state index in [2.05, 4.69) is 12.1 Å². The molecule has 1 aliphatic rings. The van der Waals surface area contributed by atoms with Gasteiger partial charge in [-0.2, -0.15) is 5.26 Å². The van der Waals surface area contributed by atoms with Gasteiger partial charge in [-0.1, -0.05) is 18.2 Å². The highest BCUT2D eigenvalue weighted by Gasteiger charge is 2.21. The number of fused-ring (bicyclic) bond motifs is 2. The number of hydrogen-bond donors (Lipinski definition) is 0. The molecule has 0 fully saturated rings. The fourth-order valence-corrected chi connectivity index (χ4v) is 2.84. The van der Waals surface area contributed by atoms with E-state index in [1.807, 2.05) is 36.4 Å². The molecule has 0 saturated carbocycles. The molecule has 21 heavy (non-hydrogen) atoms. The average Bonchev–Trinajstić information content (AvgIpc) is 2.55. The van der Waals surface area contributed by atoms with Gasteiger partial charge in [-0.3, -0.25) is 0 Å². The largest absolute Gasteiger partial charge is 0.497 e. The maximum absolute atomic E-state index is 9.26. The van der Waals surface area contributed by atoms with Crippen molar-refractivity contribution in [3.05, 3.63) is 54.1 Å². The normalized spacial score (nSPS) is 11.4. The van der Waals surface area contributed by atoms with Crippen molar-refractivity contribution in [3.8, 4) is 34.4 Å². The highest BCUT2D eigenvalue weighted by molar-refractivity contribution is 6.06. The second kappa shape index (κ2) is 4.26. The number of hydrogen-bond acceptors (Lipinski definition) is 3. The lowest BCUT2D eigenvalue weighted by atomic mass is 9.93. The Hall–Kier alpha value is -2.99. The summed E-state index contributed by atoms with van der Waals surface area (Å²) in [4.78, 5) is 0. The number of benzene rings is 3. The lowest BCUT2D eigenvalue weighted by Gasteiger charge is -2.22. The van der Waals surface area contributed by atoms with Gasteiger partial charge in [0.1, 0.15) is 17.2 Å². The molecule has 0 aliphatic carbocycles. The first-order valence-electron chi connectivity index (χ1n) is 6.64. The Labute approximate surface area is 122 Å². The maximum Gasteiger partial charge on any atom is 0.139 e. The Kier molecular flexibility index (Phi) is 2.39. The van der Waals surface area contributed by atoms with E-state index in [0.29, 0.717) is 5.56 Å². The minimum absolute atomic E-state index is 0.663. The fraction of sp³-hybridized carbons (Fsp3) is 0.0556. The molecule has 1 heterocycles. The number of nitrogens with zero attached hydrogens (tertiary/aromatic N) is 1. The quantitative estimate of drug-likeness (QED) is 0.513. The summed E-state index contributed by atoms with van der Waals surface area (Å²) in [5.74, 6) is 2.32. The van der Waals surface area contributed by atoms with Crippen LogP contribution in [0.3, 0.4) is 0 Å². The van der Waals surface area contributed by atoms with Gasteiger partial charge < -0.3 is 9.47 Å². The second-order valence-corrected chi connectivity index (χ2v) is 4.92. The molecule has 3 aromatic carbocycles. The Morgan fingerprint density at radius 2 is 1.90 bits per heavy atom. The summed E-state index contributed by atoms with van der Waals surface area (Å²) in [6.45, 7) is 0. The van der Waals surface area contributed by atoms with Crippen molar-refractivity contribution in [2.24, 2.45) is 0 Å². The maximum atomic E-state index is 9.26. The summed E-state index contributed by atoms with van der Waals surface area (Å²) in [5, 5.41) is 11.2. The van der Waals surface area contributed by atoms with Crippen LogP contribution in [0.25, 0.3) is 21.9 Å². The van der Waals surface area contributed by atoms with E-state index in [0.717, 1.165) is 39.1 Å². The molecule has 3 nitrogen and oxygen atoms in total. The molecule has 0 N–H and O–H groups in total. The fourth-order valence-electron chi connectivity index (χ4n) is 2.84. The van der Waals surface area contributed by atoms with Gasteiger partial charge in [0.15, 0.2) is 0 Å². The molecular formula is C18H11NO2. The van der Waals surface area contributed by atoms with Crippen LogP contribution in [0.2, 0.25) is 0 Å². The summed E-state index contributed by atoms with van der Waals surface area (Å²) in [6.07, 6.45) is 0. The first kappa shape index (κ1) is 11.8. The van der Waals surface area contributed by atoms with Gasteiger partial charge in [-0.05, 0) is 29.8 Å². The van der Waals surface area contributed by atoms with E-state index < -0.39 is 0 Å². The van der Waals surface area contributed by atoms with Crippen LogP contribution in [0.4, 0.5) is 0 Å². The van der Waals surface area contributed by atoms with Crippen molar-refractivity contribution in [1.82, 2.24) is 0 Å². The highest BCUT2D eigenvalue weighted by Crippen LogP contribution is 2.47. The van der Waals surface area contributed by atoms with Crippen molar-refractivity contribution < 1.29 is 9.47 Å². The molecule has 0 saturated heterocycles. The molecular weight excluding hydrogens is 262 g/mol. The van der Waals surface area contributed by atoms with E-state index in [1.54, 1.807) is 13.2 Å². The Morgan fingerprint density at radius 3 is 2.71 bits per heavy atom. The molecule has 3 aromatic rings. The van der Waals surface area contributed by atoms with Gasteiger partial charge in [-0.15, -0.1) is 0 Å². The molecule has 0 radical (unpaired) electrons. The average molecular weight is 273 g/mol. The highest BCUT2D eigenvalue weighted by atomic mass is 16.5. The topological polar surface area (TPSA) is 42.2 Å². The van der Waals surface area contributed by atoms with E-state index in [4.69, 9.17) is 9.47 Å². The molecule has 1 aliphatic heterocycles. The van der Waals surface area contributed by atoms with Crippen molar-refractivity contribution in [2.45, 2.75) is 0 Å². The zero-order valence-electron chi connectivity index (χ0n) is 11.4. The van der Waals surface area contributed by atoms with Crippen LogP contribution < -0.4 is 9.47 Å². The van der Waals surface area contributed by atoms with Crippen LogP contribution >= 0.6 is 0 Å². The van der Waals surface area contributed by atoms with Gasteiger partial charge in [-0.25, -0.2) is 0 Å². The summed E-state index contributed by atoms with van der Waals surface area (Å²) in [7, 11) is 1.64. The van der Waals surface area contributed by atoms with Crippen LogP contribution in [0.1, 0.15) is 5.56 Å². The summed E-state index contributed by atoms with van der Waals surface area (Å²) < 4.78 is 11.3. The SMILES string of the molecule is COc1ccc2c(c1)Oc1ccc(C#N)c3cccc-2c13. The number of rotatable bonds is 1. The summed E-state index contributed by atoms with van der Waals surface area (Å²) in [5.41, 5.74) is 2.77. The zero-order chi connectivity index (χ0) is 14.4. The van der Waals surface area contributed by atoms with Crippen LogP contribution in [0.15, 0.2) is 48.5 Å². The lowest BCUT2D eigenvalue weighted by Crippen LogP contribution is -1.98. The molecule has 0 atom stereocenters. The molecule has 0 spiro atoms.